The van der Waals surface area contributed by atoms with E-state index in [1.54, 1.807) is 4.90 Å². The first-order chi connectivity index (χ1) is 9.66. The van der Waals surface area contributed by atoms with E-state index >= 15 is 0 Å². The van der Waals surface area contributed by atoms with Gasteiger partial charge in [-0.15, -0.1) is 0 Å². The van der Waals surface area contributed by atoms with Gasteiger partial charge in [-0.3, -0.25) is 9.59 Å². The Bertz CT molecular complexity index is 332. The van der Waals surface area contributed by atoms with Crippen LogP contribution in [0.5, 0.6) is 0 Å². The summed E-state index contributed by atoms with van der Waals surface area (Å²) < 4.78 is 0. The van der Waals surface area contributed by atoms with E-state index in [1.165, 1.54) is 32.1 Å². The first kappa shape index (κ1) is 15.3. The van der Waals surface area contributed by atoms with E-state index in [4.69, 9.17) is 5.11 Å². The van der Waals surface area contributed by atoms with Crippen LogP contribution in [0.15, 0.2) is 0 Å². The number of hydrogen-bond donors (Lipinski definition) is 2. The fourth-order valence-corrected chi connectivity index (χ4v) is 3.26. The van der Waals surface area contributed by atoms with Crippen LogP contribution in [0.4, 0.5) is 0 Å². The molecule has 0 bridgehead atoms. The molecule has 0 atom stereocenters. The third kappa shape index (κ3) is 4.47. The lowest BCUT2D eigenvalue weighted by molar-refractivity contribution is -0.145. The third-order valence-corrected chi connectivity index (χ3v) is 4.63. The summed E-state index contributed by atoms with van der Waals surface area (Å²) in [5.41, 5.74) is 0. The second kappa shape index (κ2) is 7.62. The Kier molecular flexibility index (Phi) is 5.83. The zero-order chi connectivity index (χ0) is 14.4. The fourth-order valence-electron chi connectivity index (χ4n) is 3.26. The Morgan fingerprint density at radius 1 is 1.05 bits per heavy atom. The van der Waals surface area contributed by atoms with E-state index in [0.717, 1.165) is 12.5 Å². The van der Waals surface area contributed by atoms with Gasteiger partial charge in [-0.2, -0.15) is 0 Å². The maximum Gasteiger partial charge on any atom is 0.306 e. The molecule has 2 fully saturated rings. The van der Waals surface area contributed by atoms with Crippen molar-refractivity contribution in [1.29, 1.82) is 0 Å². The van der Waals surface area contributed by atoms with Crippen molar-refractivity contribution in [2.45, 2.75) is 44.9 Å². The summed E-state index contributed by atoms with van der Waals surface area (Å²) in [5.74, 6) is -0.152. The summed E-state index contributed by atoms with van der Waals surface area (Å²) in [7, 11) is 0. The second-order valence-electron chi connectivity index (χ2n) is 6.13. The van der Waals surface area contributed by atoms with Gasteiger partial charge in [0, 0.05) is 13.1 Å². The molecular formula is C15H26N2O3. The molecule has 1 amide bonds. The summed E-state index contributed by atoms with van der Waals surface area (Å²) in [5, 5.41) is 12.2. The quantitative estimate of drug-likeness (QED) is 0.801. The van der Waals surface area contributed by atoms with E-state index in [0.29, 0.717) is 32.5 Å². The zero-order valence-corrected chi connectivity index (χ0v) is 12.1. The summed E-state index contributed by atoms with van der Waals surface area (Å²) in [6.45, 7) is 2.51. The maximum absolute atomic E-state index is 12.0. The minimum absolute atomic E-state index is 0.115. The van der Waals surface area contributed by atoms with Crippen LogP contribution in [0, 0.1) is 11.8 Å². The lowest BCUT2D eigenvalue weighted by atomic mass is 9.89. The van der Waals surface area contributed by atoms with Gasteiger partial charge in [0.25, 0.3) is 0 Å². The number of carbonyl (C=O) groups is 2. The molecule has 5 nitrogen and oxygen atoms in total. The number of aliphatic carboxylic acids is 1. The smallest absolute Gasteiger partial charge is 0.306 e. The lowest BCUT2D eigenvalue weighted by Gasteiger charge is -2.30. The average Bonchev–Trinajstić information content (AvgIpc) is 2.48. The number of hydrogen-bond acceptors (Lipinski definition) is 3. The van der Waals surface area contributed by atoms with Gasteiger partial charge in [-0.25, -0.2) is 0 Å². The number of carboxylic acids is 1. The van der Waals surface area contributed by atoms with Crippen LogP contribution in [0.1, 0.15) is 44.9 Å². The van der Waals surface area contributed by atoms with Crippen LogP contribution < -0.4 is 5.32 Å². The molecule has 0 spiro atoms. The summed E-state index contributed by atoms with van der Waals surface area (Å²) in [4.78, 5) is 24.7. The fraction of sp³-hybridized carbons (Fsp3) is 0.867. The van der Waals surface area contributed by atoms with Crippen LogP contribution in [0.2, 0.25) is 0 Å². The number of piperidine rings is 1. The van der Waals surface area contributed by atoms with Crippen molar-refractivity contribution in [3.63, 3.8) is 0 Å². The van der Waals surface area contributed by atoms with Gasteiger partial charge in [-0.05, 0) is 38.1 Å². The first-order valence-electron chi connectivity index (χ1n) is 7.88. The van der Waals surface area contributed by atoms with Crippen LogP contribution in [-0.2, 0) is 9.59 Å². The second-order valence-corrected chi connectivity index (χ2v) is 6.13. The SMILES string of the molecule is O=C(O)C1CCN(C(=O)CNCC2CCCCC2)CC1. The zero-order valence-electron chi connectivity index (χ0n) is 12.1. The number of likely N-dealkylation sites (tertiary alicyclic amines) is 1. The standard InChI is InChI=1S/C15H26N2O3/c18-14(11-16-10-12-4-2-1-3-5-12)17-8-6-13(7-9-17)15(19)20/h12-13,16H,1-11H2,(H,19,20). The highest BCUT2D eigenvalue weighted by molar-refractivity contribution is 5.78. The molecule has 1 heterocycles. The number of carbonyl (C=O) groups excluding carboxylic acids is 1. The minimum Gasteiger partial charge on any atom is -0.481 e. The highest BCUT2D eigenvalue weighted by Crippen LogP contribution is 2.22. The predicted molar refractivity (Wildman–Crippen MR) is 76.4 cm³/mol. The number of nitrogens with zero attached hydrogens (tertiary/aromatic N) is 1. The van der Waals surface area contributed by atoms with E-state index in [1.807, 2.05) is 0 Å². The van der Waals surface area contributed by atoms with Gasteiger partial charge in [0.15, 0.2) is 0 Å². The van der Waals surface area contributed by atoms with E-state index in [-0.39, 0.29) is 11.8 Å². The molecule has 0 aromatic heterocycles. The van der Waals surface area contributed by atoms with Crippen LogP contribution in [0.25, 0.3) is 0 Å². The van der Waals surface area contributed by atoms with Crippen LogP contribution >= 0.6 is 0 Å². The number of nitrogens with one attached hydrogen (secondary N) is 1. The van der Waals surface area contributed by atoms with Gasteiger partial charge in [0.05, 0.1) is 12.5 Å². The van der Waals surface area contributed by atoms with Gasteiger partial charge in [0.1, 0.15) is 0 Å². The summed E-state index contributed by atoms with van der Waals surface area (Å²) >= 11 is 0. The molecule has 0 radical (unpaired) electrons. The molecule has 1 aliphatic carbocycles. The van der Waals surface area contributed by atoms with Crippen molar-refractivity contribution in [1.82, 2.24) is 10.2 Å². The average molecular weight is 282 g/mol. The summed E-state index contributed by atoms with van der Waals surface area (Å²) in [6.07, 6.45) is 7.74. The van der Waals surface area contributed by atoms with E-state index < -0.39 is 5.97 Å². The molecule has 1 saturated heterocycles. The highest BCUT2D eigenvalue weighted by atomic mass is 16.4. The van der Waals surface area contributed by atoms with Crippen molar-refractivity contribution < 1.29 is 14.7 Å². The molecular weight excluding hydrogens is 256 g/mol. The molecule has 1 saturated carbocycles. The molecule has 2 aliphatic rings. The maximum atomic E-state index is 12.0. The molecule has 0 aromatic carbocycles. The van der Waals surface area contributed by atoms with Crippen molar-refractivity contribution in [3.05, 3.63) is 0 Å². The van der Waals surface area contributed by atoms with Crippen molar-refractivity contribution in [2.75, 3.05) is 26.2 Å². The molecule has 2 rings (SSSR count). The topological polar surface area (TPSA) is 69.6 Å². The molecule has 2 N–H and O–H groups in total. The van der Waals surface area contributed by atoms with Crippen molar-refractivity contribution in [2.24, 2.45) is 11.8 Å². The molecule has 20 heavy (non-hydrogen) atoms. The Labute approximate surface area is 120 Å². The largest absolute Gasteiger partial charge is 0.481 e. The Hall–Kier alpha value is -1.10. The number of rotatable bonds is 5. The number of amides is 1. The van der Waals surface area contributed by atoms with E-state index in [2.05, 4.69) is 5.32 Å². The first-order valence-corrected chi connectivity index (χ1v) is 7.88. The Balaban J connectivity index is 1.61. The summed E-state index contributed by atoms with van der Waals surface area (Å²) in [6, 6.07) is 0. The normalized spacial score (nSPS) is 21.9. The van der Waals surface area contributed by atoms with Gasteiger partial charge >= 0.3 is 5.97 Å². The molecule has 5 heteroatoms. The van der Waals surface area contributed by atoms with E-state index in [9.17, 15) is 9.59 Å². The van der Waals surface area contributed by atoms with Crippen molar-refractivity contribution >= 4 is 11.9 Å². The van der Waals surface area contributed by atoms with Gasteiger partial charge in [0.2, 0.25) is 5.91 Å². The molecule has 0 aromatic rings. The Morgan fingerprint density at radius 2 is 1.70 bits per heavy atom. The number of carboxylic acid groups (broad SMARTS) is 1. The third-order valence-electron chi connectivity index (χ3n) is 4.63. The van der Waals surface area contributed by atoms with Crippen LogP contribution in [-0.4, -0.2) is 48.1 Å². The predicted octanol–water partition coefficient (Wildman–Crippen LogP) is 1.48. The monoisotopic (exact) mass is 282 g/mol. The van der Waals surface area contributed by atoms with Crippen LogP contribution in [0.3, 0.4) is 0 Å². The highest BCUT2D eigenvalue weighted by Gasteiger charge is 2.26. The van der Waals surface area contributed by atoms with Gasteiger partial charge < -0.3 is 15.3 Å². The van der Waals surface area contributed by atoms with Crippen molar-refractivity contribution in [3.8, 4) is 0 Å². The molecule has 0 unspecified atom stereocenters. The Morgan fingerprint density at radius 3 is 2.30 bits per heavy atom. The van der Waals surface area contributed by atoms with Gasteiger partial charge in [-0.1, -0.05) is 19.3 Å². The molecule has 114 valence electrons. The lowest BCUT2D eigenvalue weighted by Crippen LogP contribution is -2.44. The molecule has 1 aliphatic heterocycles. The minimum atomic E-state index is -0.729.